The quantitative estimate of drug-likeness (QED) is 0.743. The first kappa shape index (κ1) is 19.5. The Balaban J connectivity index is 1.59. The molecule has 0 saturated carbocycles. The molecule has 0 saturated heterocycles. The van der Waals surface area contributed by atoms with E-state index >= 15 is 0 Å². The van der Waals surface area contributed by atoms with Gasteiger partial charge in [-0.2, -0.15) is 0 Å². The lowest BCUT2D eigenvalue weighted by Gasteiger charge is -2.27. The van der Waals surface area contributed by atoms with Gasteiger partial charge in [-0.05, 0) is 55.3 Å². The van der Waals surface area contributed by atoms with E-state index in [1.165, 1.54) is 24.6 Å². The average Bonchev–Trinajstić information content (AvgIpc) is 2.66. The lowest BCUT2D eigenvalue weighted by Crippen LogP contribution is -2.39. The fraction of sp³-hybridized carbons (Fsp3) is 0.350. The summed E-state index contributed by atoms with van der Waals surface area (Å²) >= 11 is 0. The summed E-state index contributed by atoms with van der Waals surface area (Å²) in [6.07, 6.45) is 0.807. The zero-order valence-corrected chi connectivity index (χ0v) is 15.9. The van der Waals surface area contributed by atoms with Gasteiger partial charge in [-0.15, -0.1) is 0 Å². The van der Waals surface area contributed by atoms with Crippen molar-refractivity contribution in [2.24, 2.45) is 0 Å². The second-order valence-corrected chi connectivity index (χ2v) is 9.14. The summed E-state index contributed by atoms with van der Waals surface area (Å²) in [5, 5.41) is 5.31. The van der Waals surface area contributed by atoms with Crippen LogP contribution in [0.25, 0.3) is 0 Å². The molecule has 2 N–H and O–H groups in total. The van der Waals surface area contributed by atoms with Crippen LogP contribution in [-0.2, 0) is 21.1 Å². The Morgan fingerprint density at radius 2 is 1.93 bits per heavy atom. The molecule has 144 valence electrons. The predicted octanol–water partition coefficient (Wildman–Crippen LogP) is 2.38. The van der Waals surface area contributed by atoms with Gasteiger partial charge in [-0.25, -0.2) is 12.8 Å². The molecule has 1 amide bonds. The molecule has 0 aliphatic carbocycles. The number of rotatable bonds is 6. The first-order valence-corrected chi connectivity index (χ1v) is 10.5. The van der Waals surface area contributed by atoms with Gasteiger partial charge in [0.2, 0.25) is 5.91 Å². The third kappa shape index (κ3) is 4.54. The Morgan fingerprint density at radius 1 is 1.22 bits per heavy atom. The monoisotopic (exact) mass is 390 g/mol. The Hall–Kier alpha value is -2.25. The van der Waals surface area contributed by atoms with E-state index in [0.717, 1.165) is 30.7 Å². The fourth-order valence-electron chi connectivity index (χ4n) is 3.29. The van der Waals surface area contributed by atoms with Crippen LogP contribution in [0, 0.1) is 5.82 Å². The van der Waals surface area contributed by atoms with Gasteiger partial charge >= 0.3 is 0 Å². The highest BCUT2D eigenvalue weighted by atomic mass is 32.2. The topological polar surface area (TPSA) is 75.3 Å². The number of hydrogen-bond acceptors (Lipinski definition) is 4. The number of carbonyl (C=O) groups is 1. The first-order chi connectivity index (χ1) is 12.9. The standard InChI is InChI=1S/C20H23FN2O3S/c1-14(27(25,26)17-8-6-16(21)7-9-17)12-20(24)23-13-19-18-5-3-2-4-15(18)10-11-22-19/h2-9,14,19,22H,10-13H2,1H3,(H,23,24). The molecule has 0 aromatic heterocycles. The normalized spacial score (nSPS) is 17.8. The van der Waals surface area contributed by atoms with Crippen molar-refractivity contribution in [3.05, 3.63) is 65.5 Å². The molecular formula is C20H23FN2O3S. The van der Waals surface area contributed by atoms with Crippen LogP contribution in [0.4, 0.5) is 4.39 Å². The van der Waals surface area contributed by atoms with Gasteiger partial charge in [0.05, 0.1) is 10.1 Å². The van der Waals surface area contributed by atoms with Crippen LogP contribution < -0.4 is 10.6 Å². The first-order valence-electron chi connectivity index (χ1n) is 8.95. The van der Waals surface area contributed by atoms with Crippen molar-refractivity contribution in [2.45, 2.75) is 36.0 Å². The summed E-state index contributed by atoms with van der Waals surface area (Å²) < 4.78 is 38.1. The molecule has 2 aromatic rings. The van der Waals surface area contributed by atoms with Gasteiger partial charge in [0.1, 0.15) is 5.82 Å². The zero-order chi connectivity index (χ0) is 19.4. The molecule has 2 atom stereocenters. The molecule has 1 heterocycles. The van der Waals surface area contributed by atoms with E-state index in [4.69, 9.17) is 0 Å². The lowest BCUT2D eigenvalue weighted by atomic mass is 9.94. The summed E-state index contributed by atoms with van der Waals surface area (Å²) in [7, 11) is -3.69. The molecule has 0 spiro atoms. The van der Waals surface area contributed by atoms with Gasteiger partial charge in [-0.1, -0.05) is 24.3 Å². The molecule has 0 bridgehead atoms. The van der Waals surface area contributed by atoms with Gasteiger partial charge in [0.25, 0.3) is 0 Å². The van der Waals surface area contributed by atoms with Gasteiger partial charge in [-0.3, -0.25) is 4.79 Å². The number of benzene rings is 2. The number of sulfone groups is 1. The molecule has 2 unspecified atom stereocenters. The van der Waals surface area contributed by atoms with Crippen LogP contribution in [0.2, 0.25) is 0 Å². The van der Waals surface area contributed by atoms with E-state index in [2.05, 4.69) is 16.7 Å². The smallest absolute Gasteiger partial charge is 0.221 e. The van der Waals surface area contributed by atoms with Crippen LogP contribution in [0.15, 0.2) is 53.4 Å². The van der Waals surface area contributed by atoms with Crippen LogP contribution in [0.5, 0.6) is 0 Å². The molecule has 3 rings (SSSR count). The number of nitrogens with one attached hydrogen (secondary N) is 2. The number of amides is 1. The summed E-state index contributed by atoms with van der Waals surface area (Å²) in [4.78, 5) is 12.3. The molecule has 27 heavy (non-hydrogen) atoms. The van der Waals surface area contributed by atoms with Crippen LogP contribution in [0.1, 0.15) is 30.5 Å². The van der Waals surface area contributed by atoms with E-state index in [1.54, 1.807) is 0 Å². The van der Waals surface area contributed by atoms with Gasteiger partial charge in [0.15, 0.2) is 9.84 Å². The maximum atomic E-state index is 13.0. The lowest BCUT2D eigenvalue weighted by molar-refractivity contribution is -0.121. The Bertz CT molecular complexity index is 913. The van der Waals surface area contributed by atoms with E-state index in [1.807, 2.05) is 18.2 Å². The summed E-state index contributed by atoms with van der Waals surface area (Å²) in [6.45, 7) is 2.73. The number of fused-ring (bicyclic) bond motifs is 1. The summed E-state index contributed by atoms with van der Waals surface area (Å²) in [5.74, 6) is -0.822. The SMILES string of the molecule is CC(CC(=O)NCC1NCCc2ccccc21)S(=O)(=O)c1ccc(F)cc1. The number of hydrogen-bond donors (Lipinski definition) is 2. The molecule has 1 aliphatic rings. The van der Waals surface area contributed by atoms with Crippen molar-refractivity contribution in [2.75, 3.05) is 13.1 Å². The Labute approximate surface area is 158 Å². The number of halogens is 1. The van der Waals surface area contributed by atoms with Crippen LogP contribution >= 0.6 is 0 Å². The molecule has 7 heteroatoms. The highest BCUT2D eigenvalue weighted by Crippen LogP contribution is 2.22. The minimum Gasteiger partial charge on any atom is -0.354 e. The molecule has 5 nitrogen and oxygen atoms in total. The maximum absolute atomic E-state index is 13.0. The summed E-state index contributed by atoms with van der Waals surface area (Å²) in [5.41, 5.74) is 2.43. The second kappa shape index (κ2) is 8.19. The Morgan fingerprint density at radius 3 is 2.67 bits per heavy atom. The van der Waals surface area contributed by atoms with Crippen LogP contribution in [-0.4, -0.2) is 32.7 Å². The highest BCUT2D eigenvalue weighted by Gasteiger charge is 2.26. The van der Waals surface area contributed by atoms with Crippen LogP contribution in [0.3, 0.4) is 0 Å². The molecular weight excluding hydrogens is 367 g/mol. The minimum absolute atomic E-state index is 0.0166. The van der Waals surface area contributed by atoms with Crippen molar-refractivity contribution in [1.29, 1.82) is 0 Å². The zero-order valence-electron chi connectivity index (χ0n) is 15.1. The third-order valence-corrected chi connectivity index (χ3v) is 7.02. The molecule has 2 aromatic carbocycles. The van der Waals surface area contributed by atoms with E-state index in [-0.39, 0.29) is 23.3 Å². The van der Waals surface area contributed by atoms with Gasteiger partial charge < -0.3 is 10.6 Å². The van der Waals surface area contributed by atoms with Crippen molar-refractivity contribution in [1.82, 2.24) is 10.6 Å². The fourth-order valence-corrected chi connectivity index (χ4v) is 4.64. The van der Waals surface area contributed by atoms with E-state index in [0.29, 0.717) is 6.54 Å². The predicted molar refractivity (Wildman–Crippen MR) is 102 cm³/mol. The summed E-state index contributed by atoms with van der Waals surface area (Å²) in [6, 6.07) is 12.8. The van der Waals surface area contributed by atoms with Crippen molar-refractivity contribution >= 4 is 15.7 Å². The van der Waals surface area contributed by atoms with Crippen molar-refractivity contribution in [3.8, 4) is 0 Å². The van der Waals surface area contributed by atoms with Gasteiger partial charge in [0, 0.05) is 19.0 Å². The maximum Gasteiger partial charge on any atom is 0.221 e. The molecule has 1 aliphatic heterocycles. The molecule has 0 fully saturated rings. The third-order valence-electron chi connectivity index (χ3n) is 4.86. The second-order valence-electron chi connectivity index (χ2n) is 6.77. The largest absolute Gasteiger partial charge is 0.354 e. The Kier molecular flexibility index (Phi) is 5.92. The average molecular weight is 390 g/mol. The minimum atomic E-state index is -3.69. The van der Waals surface area contributed by atoms with E-state index in [9.17, 15) is 17.6 Å². The van der Waals surface area contributed by atoms with Crippen molar-refractivity contribution in [3.63, 3.8) is 0 Å². The highest BCUT2D eigenvalue weighted by molar-refractivity contribution is 7.92. The molecule has 0 radical (unpaired) electrons. The number of carbonyl (C=O) groups excluding carboxylic acids is 1. The van der Waals surface area contributed by atoms with Crippen molar-refractivity contribution < 1.29 is 17.6 Å². The van der Waals surface area contributed by atoms with E-state index < -0.39 is 20.9 Å².